The van der Waals surface area contributed by atoms with Crippen molar-refractivity contribution >= 4 is 0 Å². The Hall–Kier alpha value is -1.34. The van der Waals surface area contributed by atoms with Crippen LogP contribution in [0.5, 0.6) is 0 Å². The molecule has 0 bridgehead atoms. The van der Waals surface area contributed by atoms with E-state index in [0.29, 0.717) is 6.10 Å². The standard InChI is InChI=1S/C23H34O/c1-18(11-7-13-21-14-8-12-20(3)17-21)9-6-10-19(2)15-16-22-23(4,5)24-22/h8,10-12,14,17,22H,6-7,9,13,15-16H2,1-5H3/b18-11+,19-10+. The largest absolute Gasteiger partial charge is 0.367 e. The monoisotopic (exact) mass is 326 g/mol. The molecule has 0 saturated carbocycles. The van der Waals surface area contributed by atoms with Crippen LogP contribution in [0.4, 0.5) is 0 Å². The van der Waals surface area contributed by atoms with Crippen LogP contribution >= 0.6 is 0 Å². The lowest BCUT2D eigenvalue weighted by Crippen LogP contribution is -2.02. The zero-order chi connectivity index (χ0) is 17.6. The molecule has 2 rings (SSSR count). The summed E-state index contributed by atoms with van der Waals surface area (Å²) in [5.74, 6) is 0. The number of benzene rings is 1. The van der Waals surface area contributed by atoms with Gasteiger partial charge >= 0.3 is 0 Å². The van der Waals surface area contributed by atoms with Gasteiger partial charge in [-0.1, -0.05) is 53.1 Å². The highest BCUT2D eigenvalue weighted by Gasteiger charge is 2.46. The molecule has 1 nitrogen and oxygen atoms in total. The quantitative estimate of drug-likeness (QED) is 0.370. The summed E-state index contributed by atoms with van der Waals surface area (Å²) in [7, 11) is 0. The third-order valence-electron chi connectivity index (χ3n) is 5.00. The van der Waals surface area contributed by atoms with Crippen LogP contribution in [0.15, 0.2) is 47.6 Å². The highest BCUT2D eigenvalue weighted by atomic mass is 16.6. The maximum Gasteiger partial charge on any atom is 0.0892 e. The van der Waals surface area contributed by atoms with Gasteiger partial charge in [0.15, 0.2) is 0 Å². The van der Waals surface area contributed by atoms with Crippen molar-refractivity contribution in [3.63, 3.8) is 0 Å². The van der Waals surface area contributed by atoms with Gasteiger partial charge < -0.3 is 4.74 Å². The molecule has 1 saturated heterocycles. The van der Waals surface area contributed by atoms with Crippen molar-refractivity contribution in [2.75, 3.05) is 0 Å². The molecule has 0 amide bonds. The van der Waals surface area contributed by atoms with Crippen molar-refractivity contribution in [1.29, 1.82) is 0 Å². The van der Waals surface area contributed by atoms with Gasteiger partial charge in [0.2, 0.25) is 0 Å². The number of rotatable bonds is 9. The van der Waals surface area contributed by atoms with Gasteiger partial charge in [0.1, 0.15) is 0 Å². The van der Waals surface area contributed by atoms with Crippen LogP contribution in [-0.2, 0) is 11.2 Å². The highest BCUT2D eigenvalue weighted by molar-refractivity contribution is 5.22. The Morgan fingerprint density at radius 3 is 2.42 bits per heavy atom. The lowest BCUT2D eigenvalue weighted by Gasteiger charge is -2.03. The van der Waals surface area contributed by atoms with Crippen LogP contribution in [0.2, 0.25) is 0 Å². The molecule has 0 aromatic heterocycles. The van der Waals surface area contributed by atoms with Gasteiger partial charge in [0, 0.05) is 0 Å². The van der Waals surface area contributed by atoms with E-state index in [-0.39, 0.29) is 5.60 Å². The Morgan fingerprint density at radius 2 is 1.75 bits per heavy atom. The van der Waals surface area contributed by atoms with Crippen molar-refractivity contribution in [1.82, 2.24) is 0 Å². The zero-order valence-electron chi connectivity index (χ0n) is 16.2. The summed E-state index contributed by atoms with van der Waals surface area (Å²) in [6.45, 7) is 11.0. The predicted molar refractivity (Wildman–Crippen MR) is 104 cm³/mol. The summed E-state index contributed by atoms with van der Waals surface area (Å²) in [5.41, 5.74) is 5.96. The SMILES string of the molecule is C/C(=C\CCc1cccc(C)c1)CC/C=C(\C)CCC1OC1(C)C. The molecule has 24 heavy (non-hydrogen) atoms. The van der Waals surface area contributed by atoms with Crippen LogP contribution in [0, 0.1) is 6.92 Å². The van der Waals surface area contributed by atoms with Crippen molar-refractivity contribution < 1.29 is 4.74 Å². The molecule has 1 aliphatic rings. The fourth-order valence-corrected chi connectivity index (χ4v) is 3.20. The smallest absolute Gasteiger partial charge is 0.0892 e. The van der Waals surface area contributed by atoms with Crippen molar-refractivity contribution in [2.45, 2.75) is 84.8 Å². The van der Waals surface area contributed by atoms with E-state index in [4.69, 9.17) is 4.74 Å². The molecule has 1 aromatic rings. The van der Waals surface area contributed by atoms with Crippen molar-refractivity contribution in [3.05, 3.63) is 58.7 Å². The average Bonchev–Trinajstić information content (AvgIpc) is 3.12. The molecule has 1 aromatic carbocycles. The number of aryl methyl sites for hydroxylation is 2. The minimum absolute atomic E-state index is 0.136. The van der Waals surface area contributed by atoms with Gasteiger partial charge in [-0.3, -0.25) is 0 Å². The molecular formula is C23H34O. The predicted octanol–water partition coefficient (Wildman–Crippen LogP) is 6.56. The van der Waals surface area contributed by atoms with Gasteiger partial charge in [-0.05, 0) is 78.7 Å². The Balaban J connectivity index is 1.62. The first-order valence-corrected chi connectivity index (χ1v) is 9.41. The van der Waals surface area contributed by atoms with E-state index in [1.54, 1.807) is 0 Å². The van der Waals surface area contributed by atoms with E-state index in [1.165, 1.54) is 41.5 Å². The van der Waals surface area contributed by atoms with Gasteiger partial charge in [-0.25, -0.2) is 0 Å². The van der Waals surface area contributed by atoms with E-state index in [9.17, 15) is 0 Å². The molecule has 1 aliphatic heterocycles. The minimum Gasteiger partial charge on any atom is -0.367 e. The summed E-state index contributed by atoms with van der Waals surface area (Å²) >= 11 is 0. The molecule has 1 atom stereocenters. The maximum absolute atomic E-state index is 5.65. The second-order valence-corrected chi connectivity index (χ2v) is 7.92. The number of ether oxygens (including phenoxy) is 1. The van der Waals surface area contributed by atoms with Crippen LogP contribution in [0.1, 0.15) is 70.9 Å². The molecule has 132 valence electrons. The number of hydrogen-bond acceptors (Lipinski definition) is 1. The number of epoxide rings is 1. The Kier molecular flexibility index (Phi) is 6.86. The topological polar surface area (TPSA) is 12.5 Å². The third kappa shape index (κ3) is 6.65. The van der Waals surface area contributed by atoms with Gasteiger partial charge in [-0.15, -0.1) is 0 Å². The van der Waals surface area contributed by atoms with Crippen LogP contribution in [0.3, 0.4) is 0 Å². The fraction of sp³-hybridized carbons (Fsp3) is 0.565. The second-order valence-electron chi connectivity index (χ2n) is 7.92. The van der Waals surface area contributed by atoms with E-state index in [0.717, 1.165) is 19.3 Å². The molecule has 0 N–H and O–H groups in total. The van der Waals surface area contributed by atoms with E-state index in [1.807, 2.05) is 0 Å². The summed E-state index contributed by atoms with van der Waals surface area (Å²) in [5, 5.41) is 0. The Bertz CT molecular complexity index is 592. The first-order chi connectivity index (χ1) is 11.4. The van der Waals surface area contributed by atoms with Crippen LogP contribution in [-0.4, -0.2) is 11.7 Å². The number of hydrogen-bond donors (Lipinski definition) is 0. The van der Waals surface area contributed by atoms with Crippen molar-refractivity contribution in [3.8, 4) is 0 Å². The summed E-state index contributed by atoms with van der Waals surface area (Å²) in [6.07, 6.45) is 12.3. The van der Waals surface area contributed by atoms with Gasteiger partial charge in [0.05, 0.1) is 11.7 Å². The Morgan fingerprint density at radius 1 is 1.08 bits per heavy atom. The molecular weight excluding hydrogens is 292 g/mol. The fourth-order valence-electron chi connectivity index (χ4n) is 3.20. The summed E-state index contributed by atoms with van der Waals surface area (Å²) in [6, 6.07) is 8.84. The normalized spacial score (nSPS) is 20.3. The first-order valence-electron chi connectivity index (χ1n) is 9.41. The molecule has 0 radical (unpaired) electrons. The zero-order valence-corrected chi connectivity index (χ0v) is 16.2. The maximum atomic E-state index is 5.65. The molecule has 0 aliphatic carbocycles. The first kappa shape index (κ1) is 19.0. The number of allylic oxidation sites excluding steroid dienone is 4. The van der Waals surface area contributed by atoms with E-state index >= 15 is 0 Å². The van der Waals surface area contributed by atoms with E-state index in [2.05, 4.69) is 71.0 Å². The molecule has 1 heterocycles. The molecule has 1 unspecified atom stereocenters. The average molecular weight is 327 g/mol. The van der Waals surface area contributed by atoms with E-state index < -0.39 is 0 Å². The van der Waals surface area contributed by atoms with Crippen LogP contribution < -0.4 is 0 Å². The van der Waals surface area contributed by atoms with Crippen LogP contribution in [0.25, 0.3) is 0 Å². The Labute approximate surface area is 148 Å². The minimum atomic E-state index is 0.136. The molecule has 1 heteroatoms. The third-order valence-corrected chi connectivity index (χ3v) is 5.00. The summed E-state index contributed by atoms with van der Waals surface area (Å²) in [4.78, 5) is 0. The molecule has 1 fully saturated rings. The van der Waals surface area contributed by atoms with Crippen molar-refractivity contribution in [2.24, 2.45) is 0 Å². The summed E-state index contributed by atoms with van der Waals surface area (Å²) < 4.78 is 5.65. The lowest BCUT2D eigenvalue weighted by molar-refractivity contribution is 0.320. The van der Waals surface area contributed by atoms with Gasteiger partial charge in [-0.2, -0.15) is 0 Å². The van der Waals surface area contributed by atoms with Gasteiger partial charge in [0.25, 0.3) is 0 Å². The molecule has 0 spiro atoms. The lowest BCUT2D eigenvalue weighted by atomic mass is 10.0. The highest BCUT2D eigenvalue weighted by Crippen LogP contribution is 2.38. The second kappa shape index (κ2) is 8.67.